The summed E-state index contributed by atoms with van der Waals surface area (Å²) in [4.78, 5) is 42.3. The SMILES string of the molecule is COCCCN(CC(=O)NC1CCCCC1C)c1c(N)n(Cc2ccccc2)c(=O)[nH]c1=O. The van der Waals surface area contributed by atoms with E-state index in [1.54, 1.807) is 12.0 Å². The standard InChI is InChI=1S/C24H35N5O4/c1-17-9-6-7-12-19(17)26-20(30)16-28(13-8-14-33-2)21-22(25)29(24(32)27-23(21)31)15-18-10-4-3-5-11-18/h3-5,10-11,17,19H,6-9,12-16,25H2,1-2H3,(H,26,30)(H,27,31,32). The summed E-state index contributed by atoms with van der Waals surface area (Å²) in [5.41, 5.74) is 6.19. The number of nitrogen functional groups attached to an aromatic ring is 1. The van der Waals surface area contributed by atoms with Crippen LogP contribution in [0.4, 0.5) is 11.5 Å². The Kier molecular flexibility index (Phi) is 8.71. The fraction of sp³-hybridized carbons (Fsp3) is 0.542. The maximum atomic E-state index is 12.9. The quantitative estimate of drug-likeness (QED) is 0.467. The van der Waals surface area contributed by atoms with Gasteiger partial charge < -0.3 is 20.7 Å². The second kappa shape index (κ2) is 11.7. The highest BCUT2D eigenvalue weighted by Gasteiger charge is 2.25. The molecule has 1 aliphatic rings. The number of amides is 1. The number of anilines is 2. The van der Waals surface area contributed by atoms with Crippen molar-refractivity contribution in [3.63, 3.8) is 0 Å². The second-order valence-electron chi connectivity index (χ2n) is 8.77. The fourth-order valence-electron chi connectivity index (χ4n) is 4.43. The molecule has 1 amide bonds. The number of nitrogens with two attached hydrogens (primary N) is 1. The van der Waals surface area contributed by atoms with Crippen molar-refractivity contribution >= 4 is 17.4 Å². The first-order chi connectivity index (χ1) is 15.9. The minimum atomic E-state index is -0.599. The van der Waals surface area contributed by atoms with Crippen molar-refractivity contribution in [2.24, 2.45) is 5.92 Å². The third kappa shape index (κ3) is 6.47. The van der Waals surface area contributed by atoms with Crippen LogP contribution in [0.25, 0.3) is 0 Å². The monoisotopic (exact) mass is 457 g/mol. The number of hydrogen-bond acceptors (Lipinski definition) is 6. The van der Waals surface area contributed by atoms with E-state index in [1.807, 2.05) is 30.3 Å². The molecule has 0 aliphatic heterocycles. The molecule has 3 rings (SSSR count). The molecule has 1 aliphatic carbocycles. The van der Waals surface area contributed by atoms with E-state index < -0.39 is 11.2 Å². The van der Waals surface area contributed by atoms with Crippen LogP contribution in [0.2, 0.25) is 0 Å². The Balaban J connectivity index is 1.87. The van der Waals surface area contributed by atoms with Crippen LogP contribution in [-0.2, 0) is 16.1 Å². The number of hydrogen-bond donors (Lipinski definition) is 3. The number of nitrogens with one attached hydrogen (secondary N) is 2. The Morgan fingerprint density at radius 3 is 2.67 bits per heavy atom. The van der Waals surface area contributed by atoms with Crippen molar-refractivity contribution in [3.05, 3.63) is 56.7 Å². The van der Waals surface area contributed by atoms with Gasteiger partial charge in [0.15, 0.2) is 0 Å². The van der Waals surface area contributed by atoms with E-state index in [2.05, 4.69) is 17.2 Å². The molecule has 180 valence electrons. The second-order valence-corrected chi connectivity index (χ2v) is 8.77. The molecule has 2 atom stereocenters. The molecule has 1 aromatic carbocycles. The Bertz CT molecular complexity index is 1030. The van der Waals surface area contributed by atoms with E-state index in [0.717, 1.165) is 24.8 Å². The van der Waals surface area contributed by atoms with Gasteiger partial charge in [-0.1, -0.05) is 50.1 Å². The molecule has 1 fully saturated rings. The van der Waals surface area contributed by atoms with E-state index in [1.165, 1.54) is 11.0 Å². The van der Waals surface area contributed by atoms with Gasteiger partial charge in [0, 0.05) is 26.3 Å². The van der Waals surface area contributed by atoms with E-state index in [4.69, 9.17) is 10.5 Å². The van der Waals surface area contributed by atoms with Crippen molar-refractivity contribution < 1.29 is 9.53 Å². The Hall–Kier alpha value is -3.07. The number of carbonyl (C=O) groups excluding carboxylic acids is 1. The van der Waals surface area contributed by atoms with Crippen molar-refractivity contribution in [1.29, 1.82) is 0 Å². The lowest BCUT2D eigenvalue weighted by molar-refractivity contribution is -0.121. The highest BCUT2D eigenvalue weighted by molar-refractivity contribution is 5.82. The van der Waals surface area contributed by atoms with Gasteiger partial charge in [0.1, 0.15) is 11.5 Å². The first-order valence-corrected chi connectivity index (χ1v) is 11.6. The summed E-state index contributed by atoms with van der Waals surface area (Å²) in [7, 11) is 1.60. The van der Waals surface area contributed by atoms with Crippen molar-refractivity contribution in [1.82, 2.24) is 14.9 Å². The van der Waals surface area contributed by atoms with Gasteiger partial charge in [-0.2, -0.15) is 0 Å². The lowest BCUT2D eigenvalue weighted by Crippen LogP contribution is -2.48. The highest BCUT2D eigenvalue weighted by Crippen LogP contribution is 2.24. The molecular formula is C24H35N5O4. The molecule has 4 N–H and O–H groups in total. The van der Waals surface area contributed by atoms with Gasteiger partial charge in [0.25, 0.3) is 5.56 Å². The van der Waals surface area contributed by atoms with Crippen LogP contribution in [-0.4, -0.2) is 48.3 Å². The summed E-state index contributed by atoms with van der Waals surface area (Å²) >= 11 is 0. The van der Waals surface area contributed by atoms with Crippen LogP contribution in [0.1, 0.15) is 44.6 Å². The van der Waals surface area contributed by atoms with Crippen LogP contribution < -0.4 is 27.2 Å². The molecule has 0 bridgehead atoms. The zero-order valence-electron chi connectivity index (χ0n) is 19.5. The fourth-order valence-corrected chi connectivity index (χ4v) is 4.43. The number of nitrogens with zero attached hydrogens (tertiary/aromatic N) is 2. The first kappa shape index (κ1) is 24.6. The summed E-state index contributed by atoms with van der Waals surface area (Å²) in [6, 6.07) is 9.53. The maximum absolute atomic E-state index is 12.9. The number of rotatable bonds is 10. The predicted molar refractivity (Wildman–Crippen MR) is 130 cm³/mol. The first-order valence-electron chi connectivity index (χ1n) is 11.6. The van der Waals surface area contributed by atoms with Crippen LogP contribution >= 0.6 is 0 Å². The molecule has 0 radical (unpaired) electrons. The van der Waals surface area contributed by atoms with Crippen LogP contribution in [0.3, 0.4) is 0 Å². The van der Waals surface area contributed by atoms with Gasteiger partial charge in [-0.3, -0.25) is 19.1 Å². The van der Waals surface area contributed by atoms with E-state index in [-0.39, 0.29) is 36.5 Å². The number of H-pyrrole nitrogens is 1. The number of aromatic nitrogens is 2. The smallest absolute Gasteiger partial charge is 0.330 e. The topological polar surface area (TPSA) is 122 Å². The Morgan fingerprint density at radius 2 is 1.97 bits per heavy atom. The Morgan fingerprint density at radius 1 is 1.24 bits per heavy atom. The number of benzene rings is 1. The average molecular weight is 458 g/mol. The lowest BCUT2D eigenvalue weighted by atomic mass is 9.86. The van der Waals surface area contributed by atoms with Gasteiger partial charge in [-0.05, 0) is 30.7 Å². The summed E-state index contributed by atoms with van der Waals surface area (Å²) in [5, 5.41) is 3.13. The Labute approximate surface area is 193 Å². The molecule has 1 aromatic heterocycles. The highest BCUT2D eigenvalue weighted by atomic mass is 16.5. The predicted octanol–water partition coefficient (Wildman–Crippen LogP) is 1.70. The minimum absolute atomic E-state index is 0.0241. The third-order valence-electron chi connectivity index (χ3n) is 6.28. The van der Waals surface area contributed by atoms with E-state index >= 15 is 0 Å². The zero-order chi connectivity index (χ0) is 23.8. The van der Waals surface area contributed by atoms with Gasteiger partial charge in [0.2, 0.25) is 5.91 Å². The molecule has 33 heavy (non-hydrogen) atoms. The van der Waals surface area contributed by atoms with Crippen LogP contribution in [0.15, 0.2) is 39.9 Å². The van der Waals surface area contributed by atoms with E-state index in [9.17, 15) is 14.4 Å². The van der Waals surface area contributed by atoms with Gasteiger partial charge in [-0.15, -0.1) is 0 Å². The largest absolute Gasteiger partial charge is 0.385 e. The average Bonchev–Trinajstić information content (AvgIpc) is 2.79. The molecule has 0 saturated heterocycles. The number of ether oxygens (including phenoxy) is 1. The summed E-state index contributed by atoms with van der Waals surface area (Å²) < 4.78 is 6.48. The normalized spacial score (nSPS) is 18.1. The van der Waals surface area contributed by atoms with Crippen LogP contribution in [0, 0.1) is 5.92 Å². The summed E-state index contributed by atoms with van der Waals surface area (Å²) in [6.45, 7) is 3.21. The molecule has 0 spiro atoms. The van der Waals surface area contributed by atoms with Gasteiger partial charge >= 0.3 is 5.69 Å². The number of aromatic amines is 1. The molecule has 9 heteroatoms. The number of methoxy groups -OCH3 is 1. The van der Waals surface area contributed by atoms with Crippen molar-refractivity contribution in [3.8, 4) is 0 Å². The molecule has 2 unspecified atom stereocenters. The molecule has 2 aromatic rings. The molecule has 1 heterocycles. The van der Waals surface area contributed by atoms with Gasteiger partial charge in [0.05, 0.1) is 13.1 Å². The molecule has 9 nitrogen and oxygen atoms in total. The van der Waals surface area contributed by atoms with E-state index in [0.29, 0.717) is 25.5 Å². The maximum Gasteiger partial charge on any atom is 0.330 e. The lowest BCUT2D eigenvalue weighted by Gasteiger charge is -2.31. The third-order valence-corrected chi connectivity index (χ3v) is 6.28. The van der Waals surface area contributed by atoms with Gasteiger partial charge in [-0.25, -0.2) is 4.79 Å². The molecule has 1 saturated carbocycles. The van der Waals surface area contributed by atoms with Crippen LogP contribution in [0.5, 0.6) is 0 Å². The number of carbonyl (C=O) groups is 1. The van der Waals surface area contributed by atoms with Crippen molar-refractivity contribution in [2.45, 2.75) is 51.6 Å². The molecular weight excluding hydrogens is 422 g/mol. The summed E-state index contributed by atoms with van der Waals surface area (Å²) in [6.07, 6.45) is 4.94. The summed E-state index contributed by atoms with van der Waals surface area (Å²) in [5.74, 6) is 0.306. The zero-order valence-corrected chi connectivity index (χ0v) is 19.5. The van der Waals surface area contributed by atoms with Crippen molar-refractivity contribution in [2.75, 3.05) is 37.4 Å². The minimum Gasteiger partial charge on any atom is -0.385 e.